The van der Waals surface area contributed by atoms with Crippen molar-refractivity contribution in [2.24, 2.45) is 28.3 Å². The number of allylic oxidation sites excluding steroid dienone is 2. The van der Waals surface area contributed by atoms with Crippen molar-refractivity contribution >= 4 is 11.7 Å². The summed E-state index contributed by atoms with van der Waals surface area (Å²) in [6.07, 6.45) is 14.6. The number of aliphatic imine (C=N–C) groups is 1. The van der Waals surface area contributed by atoms with Crippen molar-refractivity contribution in [3.8, 4) is 11.5 Å². The van der Waals surface area contributed by atoms with Crippen LogP contribution in [-0.2, 0) is 28.8 Å². The molecule has 2 aliphatic carbocycles. The van der Waals surface area contributed by atoms with Crippen molar-refractivity contribution in [1.82, 2.24) is 0 Å². The van der Waals surface area contributed by atoms with Crippen LogP contribution in [0.4, 0.5) is 0 Å². The summed E-state index contributed by atoms with van der Waals surface area (Å²) < 4.78 is 11.9. The van der Waals surface area contributed by atoms with Crippen LogP contribution < -0.4 is 16.2 Å². The topological polar surface area (TPSA) is 120 Å². The largest absolute Gasteiger partial charge is 0.504 e. The average molecular weight is 500 g/mol. The second kappa shape index (κ2) is 14.3. The fourth-order valence-electron chi connectivity index (χ4n) is 5.69. The Bertz CT molecular complexity index is 918. The molecule has 7 nitrogen and oxygen atoms in total. The molecule has 7 heteroatoms. The van der Waals surface area contributed by atoms with Gasteiger partial charge < -0.3 is 26.0 Å². The molecule has 3 rings (SSSR count). The highest BCUT2D eigenvalue weighted by Gasteiger charge is 2.31. The number of aromatic hydroxyl groups is 1. The van der Waals surface area contributed by atoms with E-state index in [-0.39, 0.29) is 29.5 Å². The molecule has 36 heavy (non-hydrogen) atoms. The summed E-state index contributed by atoms with van der Waals surface area (Å²) >= 11 is 0. The van der Waals surface area contributed by atoms with Crippen molar-refractivity contribution in [3.63, 3.8) is 0 Å². The highest BCUT2D eigenvalue weighted by atomic mass is 16.5. The van der Waals surface area contributed by atoms with Gasteiger partial charge in [0.2, 0.25) is 0 Å². The number of aryl methyl sites for hydroxylation is 1. The van der Waals surface area contributed by atoms with Gasteiger partial charge in [0.05, 0.1) is 6.10 Å². The van der Waals surface area contributed by atoms with Crippen molar-refractivity contribution in [3.05, 3.63) is 34.9 Å². The van der Waals surface area contributed by atoms with Gasteiger partial charge in [-0.25, -0.2) is 0 Å². The Morgan fingerprint density at radius 2 is 1.97 bits per heavy atom. The molecule has 0 radical (unpaired) electrons. The zero-order valence-electron chi connectivity index (χ0n) is 22.1. The first-order chi connectivity index (χ1) is 17.4. The number of unbranched alkanes of at least 4 members (excludes halogenated alkanes) is 1. The lowest BCUT2D eigenvalue weighted by Gasteiger charge is -2.25. The monoisotopic (exact) mass is 499 g/mol. The van der Waals surface area contributed by atoms with E-state index in [1.54, 1.807) is 13.2 Å². The second-order valence-electron chi connectivity index (χ2n) is 10.3. The van der Waals surface area contributed by atoms with Crippen LogP contribution >= 0.6 is 0 Å². The van der Waals surface area contributed by atoms with Gasteiger partial charge in [0, 0.05) is 32.2 Å². The summed E-state index contributed by atoms with van der Waals surface area (Å²) in [7, 11) is 1.72. The van der Waals surface area contributed by atoms with Gasteiger partial charge in [-0.05, 0) is 99.3 Å². The number of phenolic OH excluding ortho intramolecular Hbond substituents is 1. The quantitative estimate of drug-likeness (QED) is 0.158. The predicted molar refractivity (Wildman–Crippen MR) is 145 cm³/mol. The zero-order chi connectivity index (χ0) is 25.9. The van der Waals surface area contributed by atoms with Crippen LogP contribution in [0.25, 0.3) is 0 Å². The minimum Gasteiger partial charge on any atom is -0.504 e. The molecule has 200 valence electrons. The van der Waals surface area contributed by atoms with Crippen molar-refractivity contribution in [1.29, 1.82) is 0 Å². The molecule has 1 aromatic rings. The summed E-state index contributed by atoms with van der Waals surface area (Å²) in [6, 6.07) is 2.00. The van der Waals surface area contributed by atoms with Gasteiger partial charge in [0.15, 0.2) is 23.2 Å². The lowest BCUT2D eigenvalue weighted by Crippen LogP contribution is -2.25. The number of fused-ring (bicyclic) bond motifs is 1. The first kappa shape index (κ1) is 28.0. The number of ether oxygens (including phenoxy) is 2. The molecule has 0 spiro atoms. The number of rotatable bonds is 13. The SMILES string of the molecule is CCC/C=C/C(=O)CCc1cc(OC2CCCC2)c(O)c2c1CC[C@@H](CCN=C(N)N)[C@@H](COC)C2. The number of benzene rings is 1. The molecular weight excluding hydrogens is 454 g/mol. The van der Waals surface area contributed by atoms with E-state index in [2.05, 4.69) is 11.9 Å². The summed E-state index contributed by atoms with van der Waals surface area (Å²) in [5.74, 6) is 1.70. The van der Waals surface area contributed by atoms with Crippen LogP contribution in [0.2, 0.25) is 0 Å². The van der Waals surface area contributed by atoms with E-state index in [0.717, 1.165) is 68.9 Å². The highest BCUT2D eigenvalue weighted by Crippen LogP contribution is 2.43. The average Bonchev–Trinajstić information content (AvgIpc) is 3.29. The van der Waals surface area contributed by atoms with E-state index in [4.69, 9.17) is 20.9 Å². The minimum absolute atomic E-state index is 0.112. The maximum Gasteiger partial charge on any atom is 0.185 e. The molecule has 0 aliphatic heterocycles. The number of carbonyl (C=O) groups is 1. The number of hydrogen-bond acceptors (Lipinski definition) is 5. The van der Waals surface area contributed by atoms with Gasteiger partial charge in [-0.1, -0.05) is 19.4 Å². The third-order valence-corrected chi connectivity index (χ3v) is 7.65. The van der Waals surface area contributed by atoms with Gasteiger partial charge >= 0.3 is 0 Å². The Morgan fingerprint density at radius 1 is 1.19 bits per heavy atom. The van der Waals surface area contributed by atoms with E-state index in [1.165, 1.54) is 5.56 Å². The molecule has 2 aliphatic rings. The van der Waals surface area contributed by atoms with Crippen molar-refractivity contribution < 1.29 is 19.4 Å². The standard InChI is InChI=1S/C29H45N3O4/c1-3-4-5-8-23(33)13-11-21-18-27(36-24-9-6-7-10-24)28(34)26-17-22(19-35-2)20(12-14-25(21)26)15-16-32-29(30)31/h5,8,18,20,22,24,34H,3-4,6-7,9-17,19H2,1-2H3,(H4,30,31,32)/b8-5+/t20-,22+/m0/s1. The first-order valence-electron chi connectivity index (χ1n) is 13.7. The van der Waals surface area contributed by atoms with E-state index in [0.29, 0.717) is 44.1 Å². The Kier molecular flexibility index (Phi) is 11.1. The van der Waals surface area contributed by atoms with Gasteiger partial charge in [-0.2, -0.15) is 0 Å². The fourth-order valence-corrected chi connectivity index (χ4v) is 5.69. The van der Waals surface area contributed by atoms with Gasteiger partial charge in [-0.15, -0.1) is 0 Å². The van der Waals surface area contributed by atoms with Gasteiger partial charge in [0.1, 0.15) is 0 Å². The molecule has 5 N–H and O–H groups in total. The molecule has 0 saturated heterocycles. The molecule has 1 aromatic carbocycles. The molecule has 0 heterocycles. The number of methoxy groups -OCH3 is 1. The zero-order valence-corrected chi connectivity index (χ0v) is 22.1. The number of hydrogen-bond donors (Lipinski definition) is 3. The second-order valence-corrected chi connectivity index (χ2v) is 10.3. The van der Waals surface area contributed by atoms with Crippen LogP contribution in [0.15, 0.2) is 23.2 Å². The van der Waals surface area contributed by atoms with Crippen LogP contribution in [-0.4, -0.2) is 43.2 Å². The number of guanidine groups is 1. The van der Waals surface area contributed by atoms with Gasteiger partial charge in [-0.3, -0.25) is 9.79 Å². The normalized spacial score (nSPS) is 20.3. The molecule has 1 saturated carbocycles. The van der Waals surface area contributed by atoms with Crippen LogP contribution in [0, 0.1) is 11.8 Å². The molecule has 2 atom stereocenters. The summed E-state index contributed by atoms with van der Waals surface area (Å²) in [6.45, 7) is 3.29. The molecule has 0 amide bonds. The predicted octanol–water partition coefficient (Wildman–Crippen LogP) is 4.60. The Balaban J connectivity index is 1.89. The van der Waals surface area contributed by atoms with E-state index < -0.39 is 0 Å². The Morgan fingerprint density at radius 3 is 2.67 bits per heavy atom. The highest BCUT2D eigenvalue weighted by molar-refractivity contribution is 5.89. The summed E-state index contributed by atoms with van der Waals surface area (Å²) in [4.78, 5) is 16.7. The third-order valence-electron chi connectivity index (χ3n) is 7.65. The third kappa shape index (κ3) is 7.99. The van der Waals surface area contributed by atoms with Gasteiger partial charge in [0.25, 0.3) is 0 Å². The van der Waals surface area contributed by atoms with Crippen LogP contribution in [0.5, 0.6) is 11.5 Å². The molecule has 0 bridgehead atoms. The number of carbonyl (C=O) groups excluding carboxylic acids is 1. The van der Waals surface area contributed by atoms with E-state index >= 15 is 0 Å². The fraction of sp³-hybridized carbons (Fsp3) is 0.655. The number of ketones is 1. The molecule has 0 unspecified atom stereocenters. The van der Waals surface area contributed by atoms with Crippen molar-refractivity contribution in [2.45, 2.75) is 90.1 Å². The molecule has 1 fully saturated rings. The summed E-state index contributed by atoms with van der Waals surface area (Å²) in [5.41, 5.74) is 14.3. The Hall–Kier alpha value is -2.54. The van der Waals surface area contributed by atoms with Crippen molar-refractivity contribution in [2.75, 3.05) is 20.3 Å². The smallest absolute Gasteiger partial charge is 0.185 e. The number of phenols is 1. The molecular formula is C29H45N3O4. The lowest BCUT2D eigenvalue weighted by molar-refractivity contribution is -0.114. The number of nitrogens with zero attached hydrogens (tertiary/aromatic N) is 1. The maximum atomic E-state index is 12.5. The first-order valence-corrected chi connectivity index (χ1v) is 13.7. The van der Waals surface area contributed by atoms with E-state index in [1.807, 2.05) is 12.1 Å². The van der Waals surface area contributed by atoms with Crippen LogP contribution in [0.1, 0.15) is 81.4 Å². The maximum absolute atomic E-state index is 12.5. The van der Waals surface area contributed by atoms with E-state index in [9.17, 15) is 9.90 Å². The lowest BCUT2D eigenvalue weighted by atomic mass is 9.85. The van der Waals surface area contributed by atoms with Crippen LogP contribution in [0.3, 0.4) is 0 Å². The summed E-state index contributed by atoms with van der Waals surface area (Å²) in [5, 5.41) is 11.4. The Labute approximate surface area is 216 Å². The number of nitrogens with two attached hydrogens (primary N) is 2. The minimum atomic E-state index is 0.112. The molecule has 0 aromatic heterocycles.